The van der Waals surface area contributed by atoms with Crippen LogP contribution in [-0.4, -0.2) is 26.2 Å². The summed E-state index contributed by atoms with van der Waals surface area (Å²) in [7, 11) is 3.13. The Hall–Kier alpha value is -3.39. The van der Waals surface area contributed by atoms with Gasteiger partial charge in [-0.15, -0.1) is 0 Å². The van der Waals surface area contributed by atoms with Gasteiger partial charge in [0, 0.05) is 23.1 Å². The molecule has 2 heterocycles. The lowest BCUT2D eigenvalue weighted by Crippen LogP contribution is -2.52. The maximum Gasteiger partial charge on any atom is 0.319 e. The van der Waals surface area contributed by atoms with E-state index in [0.29, 0.717) is 27.8 Å². The summed E-state index contributed by atoms with van der Waals surface area (Å²) < 4.78 is 16.9. The zero-order valence-corrected chi connectivity index (χ0v) is 19.8. The fourth-order valence-corrected chi connectivity index (χ4v) is 5.41. The number of methoxy groups -OCH3 is 2. The smallest absolute Gasteiger partial charge is 0.319 e. The molecule has 0 saturated heterocycles. The lowest BCUT2D eigenvalue weighted by atomic mass is 9.74. The van der Waals surface area contributed by atoms with E-state index in [1.54, 1.807) is 32.4 Å². The van der Waals surface area contributed by atoms with E-state index in [1.807, 2.05) is 12.1 Å². The van der Waals surface area contributed by atoms with E-state index in [4.69, 9.17) is 25.5 Å². The van der Waals surface area contributed by atoms with Gasteiger partial charge in [0.15, 0.2) is 17.3 Å². The topological polar surface area (TPSA) is 102 Å². The first-order valence-corrected chi connectivity index (χ1v) is 11.7. The molecule has 0 atom stereocenters. The van der Waals surface area contributed by atoms with Gasteiger partial charge in [-0.1, -0.05) is 43.0 Å². The molecule has 9 heteroatoms. The molecule has 1 aliphatic carbocycles. The fourth-order valence-electron chi connectivity index (χ4n) is 5.15. The minimum Gasteiger partial charge on any atom is -0.493 e. The molecular weight excluding hydrogens is 458 g/mol. The average Bonchev–Trinajstić information content (AvgIpc) is 3.26. The van der Waals surface area contributed by atoms with Crippen LogP contribution >= 0.6 is 11.6 Å². The van der Waals surface area contributed by atoms with Crippen molar-refractivity contribution in [3.63, 3.8) is 0 Å². The van der Waals surface area contributed by atoms with Gasteiger partial charge >= 0.3 is 6.03 Å². The molecule has 1 saturated carbocycles. The van der Waals surface area contributed by atoms with Crippen molar-refractivity contribution < 1.29 is 23.5 Å². The van der Waals surface area contributed by atoms with E-state index in [2.05, 4.69) is 16.0 Å². The highest BCUT2D eigenvalue weighted by Gasteiger charge is 2.43. The summed E-state index contributed by atoms with van der Waals surface area (Å²) in [5, 5.41) is 9.99. The predicted octanol–water partition coefficient (Wildman–Crippen LogP) is 5.33. The maximum atomic E-state index is 13.0. The van der Waals surface area contributed by atoms with Crippen molar-refractivity contribution in [3.8, 4) is 11.5 Å². The Morgan fingerprint density at radius 1 is 1.18 bits per heavy atom. The van der Waals surface area contributed by atoms with Crippen LogP contribution < -0.4 is 25.4 Å². The Bertz CT molecular complexity index is 1280. The van der Waals surface area contributed by atoms with E-state index >= 15 is 0 Å². The summed E-state index contributed by atoms with van der Waals surface area (Å²) in [4.78, 5) is 25.4. The van der Waals surface area contributed by atoms with Crippen molar-refractivity contribution >= 4 is 40.2 Å². The third kappa shape index (κ3) is 3.72. The van der Waals surface area contributed by atoms with Crippen molar-refractivity contribution in [1.82, 2.24) is 10.6 Å². The van der Waals surface area contributed by atoms with E-state index in [1.165, 1.54) is 0 Å². The molecule has 0 unspecified atom stereocenters. The lowest BCUT2D eigenvalue weighted by Gasteiger charge is -2.42. The highest BCUT2D eigenvalue weighted by Crippen LogP contribution is 2.49. The molecule has 1 fully saturated rings. The van der Waals surface area contributed by atoms with Crippen LogP contribution in [0.25, 0.3) is 11.0 Å². The molecule has 5 rings (SSSR count). The number of anilines is 1. The number of ether oxygens (including phenoxy) is 2. The number of carbonyl (C=O) groups excluding carboxylic acids is 2. The van der Waals surface area contributed by atoms with Crippen molar-refractivity contribution in [1.29, 1.82) is 0 Å². The van der Waals surface area contributed by atoms with Crippen molar-refractivity contribution in [2.75, 3.05) is 19.5 Å². The van der Waals surface area contributed by atoms with Crippen LogP contribution in [0.4, 0.5) is 10.5 Å². The molecule has 1 spiro atoms. The minimum atomic E-state index is -0.557. The number of carbonyl (C=O) groups is 2. The summed E-state index contributed by atoms with van der Waals surface area (Å²) in [6, 6.07) is 8.63. The Morgan fingerprint density at radius 2 is 1.97 bits per heavy atom. The largest absolute Gasteiger partial charge is 0.493 e. The number of nitrogens with one attached hydrogen (secondary N) is 3. The number of amides is 3. The summed E-state index contributed by atoms with van der Waals surface area (Å²) in [6.45, 7) is 0.233. The average molecular weight is 484 g/mol. The van der Waals surface area contributed by atoms with Crippen molar-refractivity contribution in [3.05, 3.63) is 52.2 Å². The molecule has 3 amide bonds. The van der Waals surface area contributed by atoms with Gasteiger partial charge in [0.2, 0.25) is 0 Å². The first-order chi connectivity index (χ1) is 16.5. The predicted molar refractivity (Wildman–Crippen MR) is 129 cm³/mol. The first-order valence-electron chi connectivity index (χ1n) is 11.3. The number of fused-ring (bicyclic) bond motifs is 4. The van der Waals surface area contributed by atoms with Gasteiger partial charge in [0.1, 0.15) is 5.58 Å². The van der Waals surface area contributed by atoms with Gasteiger partial charge in [0.05, 0.1) is 30.5 Å². The van der Waals surface area contributed by atoms with Crippen LogP contribution in [0, 0.1) is 0 Å². The number of hydrogen-bond acceptors (Lipinski definition) is 5. The Labute approximate surface area is 201 Å². The van der Waals surface area contributed by atoms with Crippen molar-refractivity contribution in [2.45, 2.75) is 44.2 Å². The second-order valence-corrected chi connectivity index (χ2v) is 9.10. The monoisotopic (exact) mass is 483 g/mol. The van der Waals surface area contributed by atoms with Crippen molar-refractivity contribution in [2.24, 2.45) is 0 Å². The highest BCUT2D eigenvalue weighted by atomic mass is 35.5. The third-order valence-corrected chi connectivity index (χ3v) is 6.98. The molecule has 3 aromatic rings. The van der Waals surface area contributed by atoms with E-state index in [9.17, 15) is 9.59 Å². The third-order valence-electron chi connectivity index (χ3n) is 6.68. The molecule has 8 nitrogen and oxygen atoms in total. The zero-order chi connectivity index (χ0) is 23.9. The molecule has 178 valence electrons. The summed E-state index contributed by atoms with van der Waals surface area (Å²) in [6.07, 6.45) is 4.68. The van der Waals surface area contributed by atoms with Gasteiger partial charge in [-0.25, -0.2) is 4.79 Å². The van der Waals surface area contributed by atoms with Gasteiger partial charge < -0.3 is 29.8 Å². The molecule has 0 bridgehead atoms. The number of benzene rings is 2. The van der Waals surface area contributed by atoms with Crippen LogP contribution in [0.1, 0.15) is 53.8 Å². The second kappa shape index (κ2) is 8.76. The van der Waals surface area contributed by atoms with Gasteiger partial charge in [-0.3, -0.25) is 4.79 Å². The molecule has 1 aliphatic heterocycles. The quantitative estimate of drug-likeness (QED) is 0.455. The van der Waals surface area contributed by atoms with Gasteiger partial charge in [0.25, 0.3) is 5.91 Å². The number of urea groups is 1. The molecule has 2 aromatic carbocycles. The number of rotatable bonds is 5. The van der Waals surface area contributed by atoms with Crippen LogP contribution in [0.15, 0.2) is 34.7 Å². The zero-order valence-electron chi connectivity index (χ0n) is 19.0. The Morgan fingerprint density at radius 3 is 2.71 bits per heavy atom. The number of halogens is 1. The minimum absolute atomic E-state index is 0.171. The highest BCUT2D eigenvalue weighted by molar-refractivity contribution is 6.35. The van der Waals surface area contributed by atoms with Crippen LogP contribution in [0.5, 0.6) is 11.5 Å². The summed E-state index contributed by atoms with van der Waals surface area (Å²) in [5.74, 6) is 0.962. The molecular formula is C25H26ClN3O5. The van der Waals surface area contributed by atoms with E-state index in [-0.39, 0.29) is 24.2 Å². The molecule has 0 radical (unpaired) electrons. The molecule has 3 N–H and O–H groups in total. The maximum absolute atomic E-state index is 13.0. The van der Waals surface area contributed by atoms with Crippen LogP contribution in [0.2, 0.25) is 5.02 Å². The Balaban J connectivity index is 1.49. The van der Waals surface area contributed by atoms with Gasteiger partial charge in [-0.05, 0) is 31.0 Å². The second-order valence-electron chi connectivity index (χ2n) is 8.69. The Kier molecular flexibility index (Phi) is 5.77. The SMILES string of the molecule is COc1cccc(CNC(=O)c2cc3cc(Cl)c4c(c3o2)C2(CCCCC2)NC(=O)N4)c1OC. The molecule has 34 heavy (non-hydrogen) atoms. The number of furan rings is 1. The number of hydrogen-bond donors (Lipinski definition) is 3. The van der Waals surface area contributed by atoms with Crippen LogP contribution in [0.3, 0.4) is 0 Å². The molecule has 2 aliphatic rings. The fraction of sp³-hybridized carbons (Fsp3) is 0.360. The van der Waals surface area contributed by atoms with E-state index in [0.717, 1.165) is 48.6 Å². The van der Waals surface area contributed by atoms with Crippen LogP contribution in [-0.2, 0) is 12.1 Å². The first kappa shape index (κ1) is 22.4. The number of para-hydroxylation sites is 1. The normalized spacial score (nSPS) is 16.5. The lowest BCUT2D eigenvalue weighted by molar-refractivity contribution is 0.0924. The standard InChI is InChI=1S/C25H26ClN3O5/c1-32-17-8-6-7-14(21(17)33-2)13-27-23(30)18-12-15-11-16(26)20-19(22(15)34-18)25(29-24(31)28-20)9-4-3-5-10-25/h6-8,11-12H,3-5,9-10,13H2,1-2H3,(H,27,30)(H2,28,29,31). The summed E-state index contributed by atoms with van der Waals surface area (Å²) >= 11 is 6.57. The molecule has 1 aromatic heterocycles. The van der Waals surface area contributed by atoms with E-state index < -0.39 is 5.54 Å². The van der Waals surface area contributed by atoms with Gasteiger partial charge in [-0.2, -0.15) is 0 Å². The summed E-state index contributed by atoms with van der Waals surface area (Å²) in [5.41, 5.74) is 2.17.